The minimum atomic E-state index is -4.49. The molecule has 0 saturated carbocycles. The van der Waals surface area contributed by atoms with Crippen LogP contribution in [0.4, 0.5) is 13.2 Å². The predicted molar refractivity (Wildman–Crippen MR) is 91.8 cm³/mol. The lowest BCUT2D eigenvalue weighted by Gasteiger charge is -2.42. The van der Waals surface area contributed by atoms with E-state index in [0.29, 0.717) is 39.0 Å². The van der Waals surface area contributed by atoms with Gasteiger partial charge in [0.2, 0.25) is 5.91 Å². The molecule has 1 N–H and O–H groups in total. The molecule has 2 heterocycles. The number of amides is 2. The summed E-state index contributed by atoms with van der Waals surface area (Å²) >= 11 is 0. The summed E-state index contributed by atoms with van der Waals surface area (Å²) in [5.74, 6) is -0.488. The molecule has 1 aromatic carbocycles. The maximum Gasteiger partial charge on any atom is 0.416 e. The first kappa shape index (κ1) is 19.7. The summed E-state index contributed by atoms with van der Waals surface area (Å²) in [5.41, 5.74) is -1.04. The fourth-order valence-electron chi connectivity index (χ4n) is 4.26. The van der Waals surface area contributed by atoms with Gasteiger partial charge < -0.3 is 14.9 Å². The highest BCUT2D eigenvalue weighted by molar-refractivity contribution is 5.94. The highest BCUT2D eigenvalue weighted by Crippen LogP contribution is 2.44. The van der Waals surface area contributed by atoms with Gasteiger partial charge in [-0.15, -0.1) is 0 Å². The van der Waals surface area contributed by atoms with Crippen LogP contribution in [0.2, 0.25) is 0 Å². The van der Waals surface area contributed by atoms with E-state index >= 15 is 0 Å². The molecule has 2 amide bonds. The van der Waals surface area contributed by atoms with Crippen molar-refractivity contribution in [3.8, 4) is 0 Å². The van der Waals surface area contributed by atoms with Crippen molar-refractivity contribution in [2.24, 2.45) is 11.3 Å². The normalized spacial score (nSPS) is 22.3. The Balaban J connectivity index is 1.70. The molecule has 2 fully saturated rings. The van der Waals surface area contributed by atoms with Crippen molar-refractivity contribution in [2.45, 2.75) is 25.9 Å². The molecule has 2 saturated heterocycles. The standard InChI is InChI=1S/C19H23F3N2O3/c1-13(26)24-10-16(11-25)18(12-24)5-7-23(8-6-18)17(27)14-3-2-4-15(9-14)19(20,21)22/h2-4,9,16,25H,5-8,10-12H2,1H3. The fraction of sp³-hybridized carbons (Fsp3) is 0.579. The molecule has 0 aliphatic carbocycles. The molecule has 0 bridgehead atoms. The summed E-state index contributed by atoms with van der Waals surface area (Å²) in [5, 5.41) is 9.72. The van der Waals surface area contributed by atoms with Gasteiger partial charge in [-0.25, -0.2) is 0 Å². The van der Waals surface area contributed by atoms with Crippen molar-refractivity contribution in [1.82, 2.24) is 9.80 Å². The van der Waals surface area contributed by atoms with Crippen molar-refractivity contribution in [2.75, 3.05) is 32.8 Å². The second-order valence-electron chi connectivity index (χ2n) is 7.51. The highest BCUT2D eigenvalue weighted by atomic mass is 19.4. The first-order chi connectivity index (χ1) is 12.7. The van der Waals surface area contributed by atoms with Gasteiger partial charge in [0.15, 0.2) is 0 Å². The highest BCUT2D eigenvalue weighted by Gasteiger charge is 2.48. The number of piperidine rings is 1. The molecule has 0 radical (unpaired) electrons. The van der Waals surface area contributed by atoms with Gasteiger partial charge in [0.1, 0.15) is 0 Å². The van der Waals surface area contributed by atoms with Crippen molar-refractivity contribution < 1.29 is 27.9 Å². The number of rotatable bonds is 2. The number of carbonyl (C=O) groups excluding carboxylic acids is 2. The van der Waals surface area contributed by atoms with Crippen LogP contribution in [-0.4, -0.2) is 59.5 Å². The minimum Gasteiger partial charge on any atom is -0.396 e. The van der Waals surface area contributed by atoms with Crippen LogP contribution in [0.1, 0.15) is 35.7 Å². The van der Waals surface area contributed by atoms with Gasteiger partial charge in [-0.1, -0.05) is 6.07 Å². The Morgan fingerprint density at radius 1 is 1.22 bits per heavy atom. The van der Waals surface area contributed by atoms with E-state index in [1.165, 1.54) is 19.1 Å². The summed E-state index contributed by atoms with van der Waals surface area (Å²) in [6.45, 7) is 3.34. The number of likely N-dealkylation sites (tertiary alicyclic amines) is 2. The zero-order valence-electron chi connectivity index (χ0n) is 15.1. The largest absolute Gasteiger partial charge is 0.416 e. The maximum atomic E-state index is 12.9. The zero-order valence-corrected chi connectivity index (χ0v) is 15.1. The first-order valence-corrected chi connectivity index (χ1v) is 8.99. The van der Waals surface area contributed by atoms with Crippen LogP contribution in [0.5, 0.6) is 0 Å². The average Bonchev–Trinajstić information content (AvgIpc) is 2.99. The maximum absolute atomic E-state index is 12.9. The molecule has 1 unspecified atom stereocenters. The molecular weight excluding hydrogens is 361 g/mol. The summed E-state index contributed by atoms with van der Waals surface area (Å²) < 4.78 is 38.6. The van der Waals surface area contributed by atoms with Gasteiger partial charge in [0, 0.05) is 51.2 Å². The van der Waals surface area contributed by atoms with Gasteiger partial charge in [-0.05, 0) is 36.5 Å². The third kappa shape index (κ3) is 3.81. The predicted octanol–water partition coefficient (Wildman–Crippen LogP) is 2.40. The monoisotopic (exact) mass is 384 g/mol. The lowest BCUT2D eigenvalue weighted by molar-refractivity contribution is -0.137. The number of halogens is 3. The quantitative estimate of drug-likeness (QED) is 0.852. The van der Waals surface area contributed by atoms with E-state index in [4.69, 9.17) is 0 Å². The number of aliphatic hydroxyl groups excluding tert-OH is 1. The molecule has 27 heavy (non-hydrogen) atoms. The van der Waals surface area contributed by atoms with E-state index < -0.39 is 17.6 Å². The molecule has 8 heteroatoms. The molecule has 1 aromatic rings. The molecule has 5 nitrogen and oxygen atoms in total. The van der Waals surface area contributed by atoms with Crippen LogP contribution in [0.3, 0.4) is 0 Å². The lowest BCUT2D eigenvalue weighted by atomic mass is 9.71. The second-order valence-corrected chi connectivity index (χ2v) is 7.51. The summed E-state index contributed by atoms with van der Waals surface area (Å²) in [6, 6.07) is 4.47. The van der Waals surface area contributed by atoms with E-state index in [0.717, 1.165) is 12.1 Å². The van der Waals surface area contributed by atoms with Crippen LogP contribution in [-0.2, 0) is 11.0 Å². The average molecular weight is 384 g/mol. The summed E-state index contributed by atoms with van der Waals surface area (Å²) in [6.07, 6.45) is -3.25. The lowest BCUT2D eigenvalue weighted by Crippen LogP contribution is -2.47. The number of hydrogen-bond acceptors (Lipinski definition) is 3. The number of aliphatic hydroxyl groups is 1. The zero-order chi connectivity index (χ0) is 19.8. The molecule has 2 aliphatic heterocycles. The van der Waals surface area contributed by atoms with E-state index in [-0.39, 0.29) is 29.4 Å². The van der Waals surface area contributed by atoms with Gasteiger partial charge in [-0.2, -0.15) is 13.2 Å². The van der Waals surface area contributed by atoms with Crippen LogP contribution < -0.4 is 0 Å². The molecule has 148 valence electrons. The van der Waals surface area contributed by atoms with Crippen molar-refractivity contribution >= 4 is 11.8 Å². The minimum absolute atomic E-state index is 0.0225. The molecule has 0 aromatic heterocycles. The van der Waals surface area contributed by atoms with Gasteiger partial charge in [-0.3, -0.25) is 9.59 Å². The van der Waals surface area contributed by atoms with Crippen LogP contribution >= 0.6 is 0 Å². The summed E-state index contributed by atoms with van der Waals surface area (Å²) in [7, 11) is 0. The molecule has 1 atom stereocenters. The topological polar surface area (TPSA) is 60.9 Å². The Hall–Kier alpha value is -2.09. The van der Waals surface area contributed by atoms with Gasteiger partial charge >= 0.3 is 6.18 Å². The van der Waals surface area contributed by atoms with E-state index in [1.54, 1.807) is 9.80 Å². The molecule has 2 aliphatic rings. The Labute approximate surface area is 155 Å². The van der Waals surface area contributed by atoms with Crippen molar-refractivity contribution in [3.63, 3.8) is 0 Å². The molecule has 1 spiro atoms. The number of benzene rings is 1. The number of nitrogens with zero attached hydrogens (tertiary/aromatic N) is 2. The van der Waals surface area contributed by atoms with Crippen molar-refractivity contribution in [1.29, 1.82) is 0 Å². The second kappa shape index (κ2) is 7.14. The first-order valence-electron chi connectivity index (χ1n) is 8.99. The van der Waals surface area contributed by atoms with Gasteiger partial charge in [0.05, 0.1) is 5.56 Å². The number of hydrogen-bond donors (Lipinski definition) is 1. The smallest absolute Gasteiger partial charge is 0.396 e. The SMILES string of the molecule is CC(=O)N1CC(CO)C2(CCN(C(=O)c3cccc(C(F)(F)F)c3)CC2)C1. The number of carbonyl (C=O) groups is 2. The molecule has 3 rings (SSSR count). The third-order valence-electron chi connectivity index (χ3n) is 5.96. The van der Waals surface area contributed by atoms with E-state index in [9.17, 15) is 27.9 Å². The third-order valence-corrected chi connectivity index (χ3v) is 5.96. The van der Waals surface area contributed by atoms with E-state index in [2.05, 4.69) is 0 Å². The number of alkyl halides is 3. The molecular formula is C19H23F3N2O3. The van der Waals surface area contributed by atoms with Crippen LogP contribution in [0, 0.1) is 11.3 Å². The van der Waals surface area contributed by atoms with Crippen LogP contribution in [0.15, 0.2) is 24.3 Å². The van der Waals surface area contributed by atoms with E-state index in [1.807, 2.05) is 0 Å². The Morgan fingerprint density at radius 2 is 1.89 bits per heavy atom. The fourth-order valence-corrected chi connectivity index (χ4v) is 4.26. The van der Waals surface area contributed by atoms with Crippen LogP contribution in [0.25, 0.3) is 0 Å². The van der Waals surface area contributed by atoms with Gasteiger partial charge in [0.25, 0.3) is 5.91 Å². The Kier molecular flexibility index (Phi) is 5.20. The summed E-state index contributed by atoms with van der Waals surface area (Å²) in [4.78, 5) is 27.6. The van der Waals surface area contributed by atoms with Crippen molar-refractivity contribution in [3.05, 3.63) is 35.4 Å². The Bertz CT molecular complexity index is 727. The Morgan fingerprint density at radius 3 is 2.44 bits per heavy atom.